The van der Waals surface area contributed by atoms with Gasteiger partial charge in [-0.1, -0.05) is 23.7 Å². The zero-order chi connectivity index (χ0) is 18.6. The lowest BCUT2D eigenvalue weighted by atomic mass is 10.1. The molecule has 1 aromatic carbocycles. The lowest BCUT2D eigenvalue weighted by Gasteiger charge is -2.23. The Morgan fingerprint density at radius 3 is 2.56 bits per heavy atom. The number of aryl methyl sites for hydroxylation is 1. The van der Waals surface area contributed by atoms with Gasteiger partial charge in [-0.25, -0.2) is 19.9 Å². The zero-order valence-electron chi connectivity index (χ0n) is 15.0. The Labute approximate surface area is 162 Å². The highest BCUT2D eigenvalue weighted by Crippen LogP contribution is 2.18. The molecule has 1 fully saturated rings. The van der Waals surface area contributed by atoms with Crippen molar-refractivity contribution in [2.45, 2.75) is 25.8 Å². The number of anilines is 1. The molecule has 0 radical (unpaired) electrons. The number of aromatic nitrogens is 4. The van der Waals surface area contributed by atoms with E-state index in [2.05, 4.69) is 25.3 Å². The van der Waals surface area contributed by atoms with Crippen LogP contribution in [0.15, 0.2) is 30.3 Å². The highest BCUT2D eigenvalue weighted by atomic mass is 35.5. The summed E-state index contributed by atoms with van der Waals surface area (Å²) in [5.74, 6) is 1.26. The molecule has 1 aliphatic heterocycles. The molecule has 7 heteroatoms. The molecule has 0 saturated carbocycles. The Bertz CT molecular complexity index is 985. The largest absolute Gasteiger partial charge is 0.381 e. The van der Waals surface area contributed by atoms with E-state index in [1.54, 1.807) is 6.07 Å². The van der Waals surface area contributed by atoms with Gasteiger partial charge in [-0.2, -0.15) is 0 Å². The van der Waals surface area contributed by atoms with Crippen molar-refractivity contribution < 1.29 is 4.74 Å². The van der Waals surface area contributed by atoms with Crippen molar-refractivity contribution in [1.29, 1.82) is 0 Å². The number of hydrogen-bond donors (Lipinski definition) is 1. The normalized spacial score (nSPS) is 15.5. The van der Waals surface area contributed by atoms with E-state index in [1.165, 1.54) is 0 Å². The first kappa shape index (κ1) is 17.8. The molecule has 1 N–H and O–H groups in total. The maximum atomic E-state index is 6.18. The number of fused-ring (bicyclic) bond motifs is 1. The van der Waals surface area contributed by atoms with Crippen LogP contribution in [-0.4, -0.2) is 39.2 Å². The number of nitrogens with zero attached hydrogens (tertiary/aromatic N) is 4. The minimum absolute atomic E-state index is 0.343. The molecule has 138 valence electrons. The number of halogens is 1. The van der Waals surface area contributed by atoms with Crippen LogP contribution in [0.3, 0.4) is 0 Å². The number of rotatable bonds is 4. The van der Waals surface area contributed by atoms with Crippen LogP contribution in [0.25, 0.3) is 23.2 Å². The van der Waals surface area contributed by atoms with E-state index in [0.29, 0.717) is 17.0 Å². The predicted molar refractivity (Wildman–Crippen MR) is 108 cm³/mol. The van der Waals surface area contributed by atoms with Gasteiger partial charge in [-0.05, 0) is 44.1 Å². The SMILES string of the molecule is Cc1nc2ccccc2nc1C=Cc1nc(Cl)cc(NC2CCOCC2)n1. The Morgan fingerprint density at radius 1 is 1.04 bits per heavy atom. The van der Waals surface area contributed by atoms with Gasteiger partial charge in [0.15, 0.2) is 5.82 Å². The maximum absolute atomic E-state index is 6.18. The molecule has 1 saturated heterocycles. The van der Waals surface area contributed by atoms with Gasteiger partial charge in [-0.15, -0.1) is 0 Å². The molecular weight excluding hydrogens is 362 g/mol. The average Bonchev–Trinajstić information content (AvgIpc) is 2.67. The molecule has 0 unspecified atom stereocenters. The quantitative estimate of drug-likeness (QED) is 0.684. The monoisotopic (exact) mass is 381 g/mol. The van der Waals surface area contributed by atoms with Crippen molar-refractivity contribution in [3.05, 3.63) is 52.7 Å². The number of nitrogens with one attached hydrogen (secondary N) is 1. The third-order valence-corrected chi connectivity index (χ3v) is 4.65. The standard InChI is InChI=1S/C20H20ClN5O/c1-13-15(24-17-5-3-2-4-16(17)22-13)6-7-19-25-18(21)12-20(26-19)23-14-8-10-27-11-9-14/h2-7,12,14H,8-11H2,1H3,(H,23,25,26). The molecule has 0 bridgehead atoms. The molecule has 6 nitrogen and oxygen atoms in total. The second-order valence-corrected chi connectivity index (χ2v) is 6.87. The van der Waals surface area contributed by atoms with Crippen molar-refractivity contribution in [3.63, 3.8) is 0 Å². The minimum atomic E-state index is 0.343. The smallest absolute Gasteiger partial charge is 0.156 e. The summed E-state index contributed by atoms with van der Waals surface area (Å²) in [6, 6.07) is 9.90. The van der Waals surface area contributed by atoms with Crippen LogP contribution in [0.4, 0.5) is 5.82 Å². The van der Waals surface area contributed by atoms with Crippen LogP contribution in [0.1, 0.15) is 30.1 Å². The van der Waals surface area contributed by atoms with Gasteiger partial charge in [0.1, 0.15) is 11.0 Å². The molecule has 0 amide bonds. The molecule has 27 heavy (non-hydrogen) atoms. The third kappa shape index (κ3) is 4.40. The number of benzene rings is 1. The summed E-state index contributed by atoms with van der Waals surface area (Å²) in [6.45, 7) is 3.47. The van der Waals surface area contributed by atoms with E-state index < -0.39 is 0 Å². The summed E-state index contributed by atoms with van der Waals surface area (Å²) in [4.78, 5) is 18.1. The number of hydrogen-bond acceptors (Lipinski definition) is 6. The molecule has 2 aromatic heterocycles. The van der Waals surface area contributed by atoms with Gasteiger partial charge in [0.25, 0.3) is 0 Å². The molecule has 1 aliphatic rings. The Kier molecular flexibility index (Phi) is 5.27. The van der Waals surface area contributed by atoms with Gasteiger partial charge < -0.3 is 10.1 Å². The lowest BCUT2D eigenvalue weighted by Crippen LogP contribution is -2.28. The Morgan fingerprint density at radius 2 is 1.78 bits per heavy atom. The predicted octanol–water partition coefficient (Wildman–Crippen LogP) is 4.14. The number of ether oxygens (including phenoxy) is 1. The molecule has 3 heterocycles. The van der Waals surface area contributed by atoms with E-state index in [4.69, 9.17) is 16.3 Å². The minimum Gasteiger partial charge on any atom is -0.381 e. The first-order valence-electron chi connectivity index (χ1n) is 8.98. The van der Waals surface area contributed by atoms with Crippen molar-refractivity contribution in [3.8, 4) is 0 Å². The first-order chi connectivity index (χ1) is 13.2. The van der Waals surface area contributed by atoms with Crippen LogP contribution in [0.2, 0.25) is 5.15 Å². The Hall–Kier alpha value is -2.57. The summed E-state index contributed by atoms with van der Waals surface area (Å²) in [5, 5.41) is 3.82. The van der Waals surface area contributed by atoms with E-state index in [0.717, 1.165) is 54.3 Å². The third-order valence-electron chi connectivity index (χ3n) is 4.46. The van der Waals surface area contributed by atoms with Crippen molar-refractivity contribution in [2.24, 2.45) is 0 Å². The maximum Gasteiger partial charge on any atom is 0.156 e. The molecular formula is C20H20ClN5O. The van der Waals surface area contributed by atoms with Crippen LogP contribution in [0, 0.1) is 6.92 Å². The summed E-state index contributed by atoms with van der Waals surface area (Å²) in [7, 11) is 0. The first-order valence-corrected chi connectivity index (χ1v) is 9.35. The lowest BCUT2D eigenvalue weighted by molar-refractivity contribution is 0.0904. The van der Waals surface area contributed by atoms with Crippen molar-refractivity contribution in [1.82, 2.24) is 19.9 Å². The molecule has 0 atom stereocenters. The second-order valence-electron chi connectivity index (χ2n) is 6.48. The highest BCUT2D eigenvalue weighted by molar-refractivity contribution is 6.29. The fourth-order valence-electron chi connectivity index (χ4n) is 3.05. The average molecular weight is 382 g/mol. The van der Waals surface area contributed by atoms with Gasteiger partial charge in [0, 0.05) is 25.3 Å². The topological polar surface area (TPSA) is 72.8 Å². The molecule has 3 aromatic rings. The van der Waals surface area contributed by atoms with Gasteiger partial charge in [-0.3, -0.25) is 0 Å². The van der Waals surface area contributed by atoms with Crippen LogP contribution in [0.5, 0.6) is 0 Å². The zero-order valence-corrected chi connectivity index (χ0v) is 15.8. The fourth-order valence-corrected chi connectivity index (χ4v) is 3.24. The number of para-hydroxylation sites is 2. The van der Waals surface area contributed by atoms with Gasteiger partial charge in [0.2, 0.25) is 0 Å². The van der Waals surface area contributed by atoms with Crippen molar-refractivity contribution >= 4 is 40.6 Å². The summed E-state index contributed by atoms with van der Waals surface area (Å²) in [6.07, 6.45) is 5.60. The molecule has 0 aliphatic carbocycles. The highest BCUT2D eigenvalue weighted by Gasteiger charge is 2.14. The van der Waals surface area contributed by atoms with E-state index in [1.807, 2.05) is 43.3 Å². The van der Waals surface area contributed by atoms with E-state index in [-0.39, 0.29) is 0 Å². The summed E-state index contributed by atoms with van der Waals surface area (Å²) >= 11 is 6.18. The van der Waals surface area contributed by atoms with Crippen LogP contribution >= 0.6 is 11.6 Å². The van der Waals surface area contributed by atoms with Gasteiger partial charge in [0.05, 0.1) is 22.4 Å². The second kappa shape index (κ2) is 7.98. The van der Waals surface area contributed by atoms with Crippen molar-refractivity contribution in [2.75, 3.05) is 18.5 Å². The van der Waals surface area contributed by atoms with Gasteiger partial charge >= 0.3 is 0 Å². The fraction of sp³-hybridized carbons (Fsp3) is 0.300. The summed E-state index contributed by atoms with van der Waals surface area (Å²) < 4.78 is 5.39. The Balaban J connectivity index is 1.57. The molecule has 4 rings (SSSR count). The molecule has 0 spiro atoms. The van der Waals surface area contributed by atoms with Crippen LogP contribution in [-0.2, 0) is 4.74 Å². The van der Waals surface area contributed by atoms with E-state index >= 15 is 0 Å². The van der Waals surface area contributed by atoms with E-state index in [9.17, 15) is 0 Å². The van der Waals surface area contributed by atoms with Crippen LogP contribution < -0.4 is 5.32 Å². The summed E-state index contributed by atoms with van der Waals surface area (Å²) in [5.41, 5.74) is 3.38.